The zero-order valence-corrected chi connectivity index (χ0v) is 31.1. The van der Waals surface area contributed by atoms with Gasteiger partial charge >= 0.3 is 253 Å². The van der Waals surface area contributed by atoms with Gasteiger partial charge in [-0.15, -0.1) is 24.8 Å². The Morgan fingerprint density at radius 3 is 1.28 bits per heavy atom. The molecule has 0 bridgehead atoms. The average Bonchev–Trinajstić information content (AvgIpc) is 3.53. The van der Waals surface area contributed by atoms with Crippen LogP contribution < -0.4 is 0 Å². The topological polar surface area (TPSA) is 0 Å². The largest absolute Gasteiger partial charge is 0.147 e. The van der Waals surface area contributed by atoms with Gasteiger partial charge in [0.15, 0.2) is 0 Å². The van der Waals surface area contributed by atoms with E-state index in [1.54, 1.807) is 22.3 Å². The molecule has 1 heterocycles. The molecule has 3 aliphatic rings. The Labute approximate surface area is 275 Å². The number of allylic oxidation sites excluding steroid dienone is 2. The Hall–Kier alpha value is -2.19. The summed E-state index contributed by atoms with van der Waals surface area (Å²) in [5.41, 5.74) is 15.4. The van der Waals surface area contributed by atoms with E-state index in [1.165, 1.54) is 54.6 Å². The fraction of sp³-hybridized carbons (Fsp3) is 0.300. The van der Waals surface area contributed by atoms with E-state index in [1.807, 2.05) is 0 Å². The van der Waals surface area contributed by atoms with Crippen LogP contribution in [0.25, 0.3) is 34.4 Å². The van der Waals surface area contributed by atoms with Crippen molar-refractivity contribution in [3.05, 3.63) is 130 Å². The van der Waals surface area contributed by atoms with Crippen LogP contribution in [-0.2, 0) is 20.0 Å². The van der Waals surface area contributed by atoms with Gasteiger partial charge < -0.3 is 0 Å². The third-order valence-corrected chi connectivity index (χ3v) is 28.8. The number of rotatable bonds is 8. The minimum absolute atomic E-state index is 0. The zero-order chi connectivity index (χ0) is 28.1. The van der Waals surface area contributed by atoms with Gasteiger partial charge in [-0.3, -0.25) is 0 Å². The predicted molar refractivity (Wildman–Crippen MR) is 188 cm³/mol. The molecule has 2 aliphatic carbocycles. The van der Waals surface area contributed by atoms with Gasteiger partial charge in [0.05, 0.1) is 0 Å². The van der Waals surface area contributed by atoms with Crippen molar-refractivity contribution in [3.8, 4) is 22.3 Å². The summed E-state index contributed by atoms with van der Waals surface area (Å²) in [7, 11) is 0. The molecule has 4 aromatic rings. The third-order valence-electron chi connectivity index (χ3n) is 9.74. The first-order valence-corrected chi connectivity index (χ1v) is 25.0. The Morgan fingerprint density at radius 2 is 0.930 bits per heavy atom. The Kier molecular flexibility index (Phi) is 9.77. The van der Waals surface area contributed by atoms with E-state index >= 15 is 0 Å². The molecule has 0 saturated carbocycles. The summed E-state index contributed by atoms with van der Waals surface area (Å²) in [5, 5.41) is 0. The van der Waals surface area contributed by atoms with Crippen molar-refractivity contribution in [2.75, 3.05) is 0 Å². The van der Waals surface area contributed by atoms with E-state index in [4.69, 9.17) is 0 Å². The molecule has 3 heteroatoms. The number of benzene rings is 4. The van der Waals surface area contributed by atoms with Gasteiger partial charge in [-0.1, -0.05) is 0 Å². The van der Waals surface area contributed by atoms with E-state index in [0.717, 1.165) is 0 Å². The molecular weight excluding hydrogens is 730 g/mol. The third kappa shape index (κ3) is 5.83. The number of hydrogen-bond acceptors (Lipinski definition) is 0. The van der Waals surface area contributed by atoms with Gasteiger partial charge in [0, 0.05) is 0 Å². The van der Waals surface area contributed by atoms with Crippen LogP contribution in [0.15, 0.2) is 108 Å². The second-order valence-corrected chi connectivity index (χ2v) is 30.2. The normalized spacial score (nSPS) is 19.2. The minimum Gasteiger partial charge on any atom is -0.147 e. The van der Waals surface area contributed by atoms with Crippen LogP contribution in [0.5, 0.6) is 0 Å². The molecule has 1 aliphatic heterocycles. The molecule has 4 aromatic carbocycles. The summed E-state index contributed by atoms with van der Waals surface area (Å²) in [6.45, 7) is 9.65. The number of hydrogen-bond donors (Lipinski definition) is 0. The molecule has 2 unspecified atom stereocenters. The summed E-state index contributed by atoms with van der Waals surface area (Å²) in [5.74, 6) is 1.35. The SMILES string of the molecule is CC(C)CC1=Cc2c(-c3ccccc3)cccc2[CH]1[Hf]1([CH]2C(CC(C)C)=Cc3c(-c4ccccc4)cccc32)[CH2][CH2]1.Cl.Cl. The second-order valence-electron chi connectivity index (χ2n) is 13.6. The minimum atomic E-state index is -2.93. The first-order chi connectivity index (χ1) is 20.0. The fourth-order valence-corrected chi connectivity index (χ4v) is 36.1. The van der Waals surface area contributed by atoms with Crippen molar-refractivity contribution in [2.45, 2.75) is 56.2 Å². The van der Waals surface area contributed by atoms with Crippen LogP contribution in [0, 0.1) is 11.8 Å². The molecular formula is C40H44Cl2Hf. The molecule has 7 rings (SSSR count). The van der Waals surface area contributed by atoms with Crippen LogP contribution in [-0.4, -0.2) is 0 Å². The van der Waals surface area contributed by atoms with E-state index in [-0.39, 0.29) is 24.8 Å². The van der Waals surface area contributed by atoms with Gasteiger partial charge in [0.1, 0.15) is 0 Å². The van der Waals surface area contributed by atoms with Crippen molar-refractivity contribution in [2.24, 2.45) is 11.8 Å². The zero-order valence-electron chi connectivity index (χ0n) is 25.8. The van der Waals surface area contributed by atoms with Crippen LogP contribution in [0.3, 0.4) is 0 Å². The van der Waals surface area contributed by atoms with E-state index in [9.17, 15) is 0 Å². The smallest absolute Gasteiger partial charge is 0.147 e. The van der Waals surface area contributed by atoms with Crippen LogP contribution >= 0.6 is 24.8 Å². The molecule has 0 spiro atoms. The van der Waals surface area contributed by atoms with Crippen LogP contribution in [0.1, 0.15) is 70.1 Å². The van der Waals surface area contributed by atoms with E-state index < -0.39 is 20.0 Å². The summed E-state index contributed by atoms with van der Waals surface area (Å²) < 4.78 is 4.46. The number of fused-ring (bicyclic) bond motifs is 2. The Balaban J connectivity index is 0.00000184. The summed E-state index contributed by atoms with van der Waals surface area (Å²) in [6, 6.07) is 36.6. The second kappa shape index (κ2) is 13.0. The monoisotopic (exact) mass is 774 g/mol. The van der Waals surface area contributed by atoms with Crippen molar-refractivity contribution < 1.29 is 20.0 Å². The first-order valence-electron chi connectivity index (χ1n) is 15.7. The first kappa shape index (κ1) is 32.2. The molecule has 1 saturated heterocycles. The van der Waals surface area contributed by atoms with Crippen molar-refractivity contribution in [1.82, 2.24) is 0 Å². The van der Waals surface area contributed by atoms with Gasteiger partial charge in [-0.05, 0) is 0 Å². The standard InChI is InChI=1S/2C19H19.C2H4.2ClH.Hf/c2*1-14(2)11-15-12-17-9-6-10-18(19(17)13-15)16-7-4-3-5-8-16;1-2;;;/h2*3-10,12-14H,11H2,1-2H3;1-2H2;2*1H;. The molecule has 0 N–H and O–H groups in total. The molecule has 0 radical (unpaired) electrons. The molecule has 222 valence electrons. The summed E-state index contributed by atoms with van der Waals surface area (Å²) in [6.07, 6.45) is 7.76. The number of halogens is 2. The maximum atomic E-state index is 2.66. The molecule has 43 heavy (non-hydrogen) atoms. The molecule has 2 atom stereocenters. The molecule has 0 aromatic heterocycles. The maximum Gasteiger partial charge on any atom is -0.147 e. The molecule has 0 nitrogen and oxygen atoms in total. The quantitative estimate of drug-likeness (QED) is 0.156. The molecule has 0 amide bonds. The van der Waals surface area contributed by atoms with Crippen LogP contribution in [0.2, 0.25) is 8.35 Å². The maximum absolute atomic E-state index is 2.93. The Morgan fingerprint density at radius 1 is 0.535 bits per heavy atom. The summed E-state index contributed by atoms with van der Waals surface area (Å²) in [4.78, 5) is 0. The van der Waals surface area contributed by atoms with Crippen LogP contribution in [0.4, 0.5) is 0 Å². The van der Waals surface area contributed by atoms with Crippen molar-refractivity contribution in [1.29, 1.82) is 0 Å². The predicted octanol–water partition coefficient (Wildman–Crippen LogP) is 12.5. The molecule has 1 fully saturated rings. The van der Waals surface area contributed by atoms with Gasteiger partial charge in [-0.25, -0.2) is 0 Å². The fourth-order valence-electron chi connectivity index (χ4n) is 8.21. The van der Waals surface area contributed by atoms with Gasteiger partial charge in [0.2, 0.25) is 0 Å². The van der Waals surface area contributed by atoms with Crippen molar-refractivity contribution in [3.63, 3.8) is 0 Å². The van der Waals surface area contributed by atoms with Gasteiger partial charge in [-0.2, -0.15) is 0 Å². The van der Waals surface area contributed by atoms with Gasteiger partial charge in [0.25, 0.3) is 0 Å². The Bertz CT molecular complexity index is 1520. The van der Waals surface area contributed by atoms with Crippen molar-refractivity contribution >= 4 is 37.0 Å². The van der Waals surface area contributed by atoms with E-state index in [0.29, 0.717) is 19.2 Å². The van der Waals surface area contributed by atoms with E-state index in [2.05, 4.69) is 137 Å². The summed E-state index contributed by atoms with van der Waals surface area (Å²) >= 11 is -2.93. The average molecular weight is 774 g/mol.